The van der Waals surface area contributed by atoms with Crippen LogP contribution in [0.3, 0.4) is 0 Å². The lowest BCUT2D eigenvalue weighted by atomic mass is 9.87. The molecule has 0 atom stereocenters. The van der Waals surface area contributed by atoms with Gasteiger partial charge < -0.3 is 16.4 Å². The number of nitrogen functional groups attached to an aromatic ring is 1. The summed E-state index contributed by atoms with van der Waals surface area (Å²) in [6.07, 6.45) is 0.253. The van der Waals surface area contributed by atoms with Gasteiger partial charge in [-0.1, -0.05) is 83.2 Å². The van der Waals surface area contributed by atoms with Gasteiger partial charge in [-0.05, 0) is 63.9 Å². The number of aromatic nitrogens is 1. The first-order valence-corrected chi connectivity index (χ1v) is 13.5. The van der Waals surface area contributed by atoms with Gasteiger partial charge in [0.2, 0.25) is 11.8 Å². The normalized spacial score (nSPS) is 11.4. The number of carbonyl (C=O) groups is 2. The van der Waals surface area contributed by atoms with E-state index in [1.54, 1.807) is 12.1 Å². The van der Waals surface area contributed by atoms with E-state index in [9.17, 15) is 9.59 Å². The van der Waals surface area contributed by atoms with Crippen LogP contribution in [0, 0.1) is 0 Å². The molecule has 0 saturated heterocycles. The van der Waals surface area contributed by atoms with E-state index in [4.69, 9.17) is 5.73 Å². The first kappa shape index (κ1) is 28.9. The summed E-state index contributed by atoms with van der Waals surface area (Å²) in [5.74, 6) is -0.233. The van der Waals surface area contributed by atoms with E-state index >= 15 is 0 Å². The molecule has 0 fully saturated rings. The summed E-state index contributed by atoms with van der Waals surface area (Å²) >= 11 is 1.49. The standard InChI is InChI=1S/C21H23N3O2S.C10H15N/c1-13(25)22-16-8-5-14(6-9-16)11-19(26)24-20-23-17-10-7-15(21(2,3)4)12-18(17)27-20;1-10(2,3)8-4-6-9(11)7-5-8/h5-10,12H,11H2,1-4H3,(H,22,25)(H,23,24,26);4-7H,11H2,1-3H3. The van der Waals surface area contributed by atoms with Gasteiger partial charge in [0, 0.05) is 18.3 Å². The molecule has 0 aliphatic rings. The number of carbonyl (C=O) groups excluding carboxylic acids is 2. The minimum Gasteiger partial charge on any atom is -0.399 e. The predicted octanol–water partition coefficient (Wildman–Crippen LogP) is 7.30. The topological polar surface area (TPSA) is 97.1 Å². The number of benzene rings is 3. The van der Waals surface area contributed by atoms with Crippen molar-refractivity contribution in [3.63, 3.8) is 0 Å². The summed E-state index contributed by atoms with van der Waals surface area (Å²) < 4.78 is 1.07. The Labute approximate surface area is 229 Å². The highest BCUT2D eigenvalue weighted by molar-refractivity contribution is 7.22. The van der Waals surface area contributed by atoms with Crippen molar-refractivity contribution >= 4 is 49.9 Å². The Morgan fingerprint density at radius 2 is 1.39 bits per heavy atom. The average molecular weight is 531 g/mol. The quantitative estimate of drug-likeness (QED) is 0.241. The zero-order chi connectivity index (χ0) is 28.1. The number of fused-ring (bicyclic) bond motifs is 1. The Kier molecular flexibility index (Phi) is 8.94. The molecule has 6 nitrogen and oxygen atoms in total. The molecule has 0 spiro atoms. The van der Waals surface area contributed by atoms with E-state index in [0.29, 0.717) is 10.8 Å². The second-order valence-electron chi connectivity index (χ2n) is 11.4. The number of amides is 2. The van der Waals surface area contributed by atoms with Gasteiger partial charge in [-0.3, -0.25) is 9.59 Å². The maximum Gasteiger partial charge on any atom is 0.230 e. The third kappa shape index (κ3) is 8.42. The summed E-state index contributed by atoms with van der Waals surface area (Å²) in [5, 5.41) is 6.20. The molecule has 4 N–H and O–H groups in total. The summed E-state index contributed by atoms with van der Waals surface area (Å²) in [5.41, 5.74) is 11.8. The van der Waals surface area contributed by atoms with E-state index in [-0.39, 0.29) is 29.1 Å². The average Bonchev–Trinajstić information content (AvgIpc) is 3.21. The minimum absolute atomic E-state index is 0.0744. The molecule has 0 aliphatic carbocycles. The van der Waals surface area contributed by atoms with Crippen molar-refractivity contribution < 1.29 is 9.59 Å². The summed E-state index contributed by atoms with van der Waals surface area (Å²) in [6.45, 7) is 14.6. The van der Waals surface area contributed by atoms with Crippen LogP contribution in [-0.2, 0) is 26.8 Å². The van der Waals surface area contributed by atoms with Crippen molar-refractivity contribution in [3.8, 4) is 0 Å². The van der Waals surface area contributed by atoms with Crippen molar-refractivity contribution in [3.05, 3.63) is 83.4 Å². The number of hydrogen-bond donors (Lipinski definition) is 3. The zero-order valence-electron chi connectivity index (χ0n) is 23.3. The molecular weight excluding hydrogens is 492 g/mol. The van der Waals surface area contributed by atoms with Crippen LogP contribution in [0.1, 0.15) is 65.2 Å². The fraction of sp³-hybridized carbons (Fsp3) is 0.323. The largest absolute Gasteiger partial charge is 0.399 e. The molecule has 1 heterocycles. The molecule has 0 bridgehead atoms. The van der Waals surface area contributed by atoms with Crippen LogP contribution in [0.15, 0.2) is 66.7 Å². The van der Waals surface area contributed by atoms with Crippen LogP contribution < -0.4 is 16.4 Å². The molecule has 4 aromatic rings. The second kappa shape index (κ2) is 11.8. The minimum atomic E-state index is -0.119. The number of nitrogens with zero attached hydrogens (tertiary/aromatic N) is 1. The molecule has 38 heavy (non-hydrogen) atoms. The Morgan fingerprint density at radius 3 is 1.95 bits per heavy atom. The molecule has 0 unspecified atom stereocenters. The second-order valence-corrected chi connectivity index (χ2v) is 12.5. The number of hydrogen-bond acceptors (Lipinski definition) is 5. The van der Waals surface area contributed by atoms with Crippen molar-refractivity contribution in [1.29, 1.82) is 0 Å². The molecule has 200 valence electrons. The molecule has 4 rings (SSSR count). The molecular formula is C31H38N4O2S. The summed E-state index contributed by atoms with van der Waals surface area (Å²) in [7, 11) is 0. The van der Waals surface area contributed by atoms with Crippen LogP contribution >= 0.6 is 11.3 Å². The Bertz CT molecular complexity index is 1390. The number of thiazole rings is 1. The van der Waals surface area contributed by atoms with Gasteiger partial charge in [-0.25, -0.2) is 4.98 Å². The fourth-order valence-electron chi connectivity index (χ4n) is 3.69. The maximum absolute atomic E-state index is 12.3. The van der Waals surface area contributed by atoms with Crippen molar-refractivity contribution in [2.75, 3.05) is 16.4 Å². The zero-order valence-corrected chi connectivity index (χ0v) is 24.1. The van der Waals surface area contributed by atoms with Gasteiger partial charge in [0.25, 0.3) is 0 Å². The highest BCUT2D eigenvalue weighted by Gasteiger charge is 2.16. The lowest BCUT2D eigenvalue weighted by Gasteiger charge is -2.18. The van der Waals surface area contributed by atoms with Crippen molar-refractivity contribution in [2.24, 2.45) is 0 Å². The monoisotopic (exact) mass is 530 g/mol. The molecule has 0 aliphatic heterocycles. The highest BCUT2D eigenvalue weighted by Crippen LogP contribution is 2.31. The molecule has 0 radical (unpaired) electrons. The molecule has 3 aromatic carbocycles. The van der Waals surface area contributed by atoms with E-state index in [1.807, 2.05) is 30.3 Å². The lowest BCUT2D eigenvalue weighted by molar-refractivity contribution is -0.116. The van der Waals surface area contributed by atoms with Crippen LogP contribution in [0.5, 0.6) is 0 Å². The van der Waals surface area contributed by atoms with Gasteiger partial charge in [-0.15, -0.1) is 0 Å². The van der Waals surface area contributed by atoms with Crippen LogP contribution in [0.25, 0.3) is 10.2 Å². The van der Waals surface area contributed by atoms with Crippen molar-refractivity contribution in [1.82, 2.24) is 4.98 Å². The fourth-order valence-corrected chi connectivity index (χ4v) is 4.61. The number of nitrogens with one attached hydrogen (secondary N) is 2. The molecule has 0 saturated carbocycles. The summed E-state index contributed by atoms with van der Waals surface area (Å²) in [6, 6.07) is 21.5. The molecule has 2 amide bonds. The van der Waals surface area contributed by atoms with E-state index in [2.05, 4.69) is 81.4 Å². The highest BCUT2D eigenvalue weighted by atomic mass is 32.1. The first-order chi connectivity index (χ1) is 17.7. The van der Waals surface area contributed by atoms with E-state index in [0.717, 1.165) is 21.5 Å². The van der Waals surface area contributed by atoms with Crippen LogP contribution in [0.2, 0.25) is 0 Å². The van der Waals surface area contributed by atoms with E-state index < -0.39 is 0 Å². The maximum atomic E-state index is 12.3. The smallest absolute Gasteiger partial charge is 0.230 e. The third-order valence-corrected chi connectivity index (χ3v) is 6.85. The lowest BCUT2D eigenvalue weighted by Crippen LogP contribution is -2.14. The summed E-state index contributed by atoms with van der Waals surface area (Å²) in [4.78, 5) is 27.9. The van der Waals surface area contributed by atoms with Gasteiger partial charge in [-0.2, -0.15) is 0 Å². The van der Waals surface area contributed by atoms with Crippen LogP contribution in [0.4, 0.5) is 16.5 Å². The molecule has 7 heteroatoms. The van der Waals surface area contributed by atoms with Gasteiger partial charge in [0.1, 0.15) is 0 Å². The number of anilines is 3. The molecule has 1 aromatic heterocycles. The SMILES string of the molecule is CC(=O)Nc1ccc(CC(=O)Nc2nc3ccc(C(C)(C)C)cc3s2)cc1.CC(C)(C)c1ccc(N)cc1. The van der Waals surface area contributed by atoms with Gasteiger partial charge in [0.15, 0.2) is 5.13 Å². The Balaban J connectivity index is 0.000000304. The predicted molar refractivity (Wildman–Crippen MR) is 161 cm³/mol. The Morgan fingerprint density at radius 1 is 0.816 bits per heavy atom. The first-order valence-electron chi connectivity index (χ1n) is 12.6. The van der Waals surface area contributed by atoms with Gasteiger partial charge in [0.05, 0.1) is 16.6 Å². The van der Waals surface area contributed by atoms with Crippen molar-refractivity contribution in [2.45, 2.75) is 65.7 Å². The number of nitrogens with two attached hydrogens (primary N) is 1. The van der Waals surface area contributed by atoms with Gasteiger partial charge >= 0.3 is 0 Å². The van der Waals surface area contributed by atoms with Crippen LogP contribution in [-0.4, -0.2) is 16.8 Å². The third-order valence-electron chi connectivity index (χ3n) is 5.92. The number of rotatable bonds is 4. The Hall–Kier alpha value is -3.71. The van der Waals surface area contributed by atoms with E-state index in [1.165, 1.54) is 29.4 Å².